The number of carboxylic acid groups (broad SMARTS) is 1. The first kappa shape index (κ1) is 23.5. The van der Waals surface area contributed by atoms with E-state index in [1.807, 2.05) is 37.3 Å². The largest absolute Gasteiger partial charge is 0.490 e. The average Bonchev–Trinajstić information content (AvgIpc) is 3.43. The lowest BCUT2D eigenvalue weighted by atomic mass is 10.1. The SMILES string of the molecule is Cc1ncn(-c2ccc(Nc3nccc(N4CCC(C#N)C4)n3)cc2)n1.O=C(O)C(F)(F)F. The summed E-state index contributed by atoms with van der Waals surface area (Å²) < 4.78 is 33.5. The topological polar surface area (TPSA) is 133 Å². The van der Waals surface area contributed by atoms with E-state index in [1.165, 1.54) is 0 Å². The van der Waals surface area contributed by atoms with Crippen molar-refractivity contribution in [2.24, 2.45) is 5.92 Å². The van der Waals surface area contributed by atoms with E-state index in [2.05, 4.69) is 36.3 Å². The highest BCUT2D eigenvalue weighted by Crippen LogP contribution is 2.23. The van der Waals surface area contributed by atoms with E-state index < -0.39 is 12.1 Å². The predicted molar refractivity (Wildman–Crippen MR) is 111 cm³/mol. The first-order valence-corrected chi connectivity index (χ1v) is 9.69. The number of hydrogen-bond donors (Lipinski definition) is 2. The predicted octanol–water partition coefficient (Wildman–Crippen LogP) is 3.09. The molecule has 4 rings (SSSR count). The lowest BCUT2D eigenvalue weighted by Gasteiger charge is -2.17. The van der Waals surface area contributed by atoms with Crippen molar-refractivity contribution in [3.8, 4) is 11.8 Å². The third-order valence-corrected chi connectivity index (χ3v) is 4.57. The van der Waals surface area contributed by atoms with E-state index >= 15 is 0 Å². The van der Waals surface area contributed by atoms with Crippen molar-refractivity contribution >= 4 is 23.4 Å². The number of aryl methyl sites for hydroxylation is 1. The minimum Gasteiger partial charge on any atom is -0.475 e. The van der Waals surface area contributed by atoms with Crippen LogP contribution in [-0.2, 0) is 4.79 Å². The molecule has 10 nitrogen and oxygen atoms in total. The molecule has 1 saturated heterocycles. The van der Waals surface area contributed by atoms with Gasteiger partial charge in [-0.15, -0.1) is 0 Å². The molecular formula is C20H19F3N8O2. The molecule has 0 saturated carbocycles. The van der Waals surface area contributed by atoms with Crippen LogP contribution in [0.5, 0.6) is 0 Å². The minimum absolute atomic E-state index is 0.0781. The lowest BCUT2D eigenvalue weighted by Crippen LogP contribution is -2.21. The van der Waals surface area contributed by atoms with E-state index in [1.54, 1.807) is 17.2 Å². The van der Waals surface area contributed by atoms with Crippen molar-refractivity contribution < 1.29 is 23.1 Å². The second kappa shape index (κ2) is 9.94. The number of aliphatic carboxylic acids is 1. The zero-order chi connectivity index (χ0) is 24.0. The fraction of sp³-hybridized carbons (Fsp3) is 0.300. The maximum Gasteiger partial charge on any atom is 0.490 e. The minimum atomic E-state index is -5.08. The monoisotopic (exact) mass is 460 g/mol. The number of hydrogen-bond acceptors (Lipinski definition) is 8. The van der Waals surface area contributed by atoms with Crippen LogP contribution in [0.15, 0.2) is 42.9 Å². The van der Waals surface area contributed by atoms with Gasteiger partial charge in [0.15, 0.2) is 0 Å². The summed E-state index contributed by atoms with van der Waals surface area (Å²) in [5, 5.41) is 23.7. The molecule has 0 aliphatic carbocycles. The summed E-state index contributed by atoms with van der Waals surface area (Å²) in [5.41, 5.74) is 1.82. The van der Waals surface area contributed by atoms with Gasteiger partial charge in [0.05, 0.1) is 17.7 Å². The number of rotatable bonds is 4. The van der Waals surface area contributed by atoms with Gasteiger partial charge < -0.3 is 15.3 Å². The molecule has 0 radical (unpaired) electrons. The van der Waals surface area contributed by atoms with Crippen LogP contribution < -0.4 is 10.2 Å². The number of alkyl halides is 3. The van der Waals surface area contributed by atoms with E-state index in [-0.39, 0.29) is 5.92 Å². The Hall–Kier alpha value is -4.21. The summed E-state index contributed by atoms with van der Waals surface area (Å²) in [6.45, 7) is 3.43. The van der Waals surface area contributed by atoms with Gasteiger partial charge in [0.1, 0.15) is 18.0 Å². The first-order valence-electron chi connectivity index (χ1n) is 9.69. The summed E-state index contributed by atoms with van der Waals surface area (Å²) >= 11 is 0. The fourth-order valence-corrected chi connectivity index (χ4v) is 2.96. The van der Waals surface area contributed by atoms with Crippen molar-refractivity contribution in [3.05, 3.63) is 48.7 Å². The standard InChI is InChI=1S/C18H18N8.C2HF3O2/c1-13-21-12-26(24-13)16-4-2-15(3-5-16)22-18-20-8-6-17(23-18)25-9-7-14(10-19)11-25;3-2(4,5)1(6)7/h2-6,8,12,14H,7,9,11H2,1H3,(H,20,22,23);(H,6,7). The number of carbonyl (C=O) groups is 1. The molecule has 33 heavy (non-hydrogen) atoms. The summed E-state index contributed by atoms with van der Waals surface area (Å²) in [6, 6.07) is 12.0. The van der Waals surface area contributed by atoms with Crippen LogP contribution in [0.1, 0.15) is 12.2 Å². The molecule has 0 spiro atoms. The van der Waals surface area contributed by atoms with Gasteiger partial charge in [0, 0.05) is 25.0 Å². The molecule has 1 atom stereocenters. The van der Waals surface area contributed by atoms with Gasteiger partial charge in [0.2, 0.25) is 5.95 Å². The normalized spacial score (nSPS) is 15.4. The highest BCUT2D eigenvalue weighted by atomic mass is 19.4. The van der Waals surface area contributed by atoms with Crippen molar-refractivity contribution in [3.63, 3.8) is 0 Å². The quantitative estimate of drug-likeness (QED) is 0.602. The van der Waals surface area contributed by atoms with Gasteiger partial charge in [-0.3, -0.25) is 0 Å². The molecule has 172 valence electrons. The molecule has 1 aromatic carbocycles. The number of anilines is 3. The Bertz CT molecular complexity index is 1140. The van der Waals surface area contributed by atoms with E-state index in [4.69, 9.17) is 15.2 Å². The van der Waals surface area contributed by atoms with Gasteiger partial charge in [0.25, 0.3) is 0 Å². The molecule has 3 heterocycles. The van der Waals surface area contributed by atoms with Crippen molar-refractivity contribution in [2.75, 3.05) is 23.3 Å². The van der Waals surface area contributed by atoms with Gasteiger partial charge in [-0.25, -0.2) is 19.4 Å². The van der Waals surface area contributed by atoms with Crippen LogP contribution in [0.4, 0.5) is 30.6 Å². The maximum atomic E-state index is 10.6. The molecular weight excluding hydrogens is 441 g/mol. The maximum absolute atomic E-state index is 10.6. The summed E-state index contributed by atoms with van der Waals surface area (Å²) in [5.74, 6) is -0.568. The number of nitrogens with zero attached hydrogens (tertiary/aromatic N) is 7. The number of carboxylic acids is 1. The van der Waals surface area contributed by atoms with E-state index in [0.29, 0.717) is 5.95 Å². The van der Waals surface area contributed by atoms with E-state index in [9.17, 15) is 13.2 Å². The summed E-state index contributed by atoms with van der Waals surface area (Å²) in [7, 11) is 0. The van der Waals surface area contributed by atoms with Crippen LogP contribution in [-0.4, -0.2) is 55.1 Å². The lowest BCUT2D eigenvalue weighted by molar-refractivity contribution is -0.192. The molecule has 3 aromatic rings. The number of aromatic nitrogens is 5. The van der Waals surface area contributed by atoms with Crippen LogP contribution >= 0.6 is 0 Å². The fourth-order valence-electron chi connectivity index (χ4n) is 2.96. The second-order valence-electron chi connectivity index (χ2n) is 7.01. The van der Waals surface area contributed by atoms with Crippen molar-refractivity contribution in [1.82, 2.24) is 24.7 Å². The number of halogens is 3. The highest BCUT2D eigenvalue weighted by molar-refractivity contribution is 5.73. The van der Waals surface area contributed by atoms with Gasteiger partial charge in [-0.2, -0.15) is 28.5 Å². The van der Waals surface area contributed by atoms with Gasteiger partial charge >= 0.3 is 12.1 Å². The molecule has 0 bridgehead atoms. The van der Waals surface area contributed by atoms with Crippen LogP contribution in [0.25, 0.3) is 5.69 Å². The highest BCUT2D eigenvalue weighted by Gasteiger charge is 2.38. The second-order valence-corrected chi connectivity index (χ2v) is 7.01. The molecule has 1 aliphatic heterocycles. The Morgan fingerprint density at radius 2 is 1.94 bits per heavy atom. The average molecular weight is 460 g/mol. The van der Waals surface area contributed by atoms with Crippen LogP contribution in [0.2, 0.25) is 0 Å². The molecule has 1 fully saturated rings. The molecule has 2 aromatic heterocycles. The van der Waals surface area contributed by atoms with Crippen LogP contribution in [0.3, 0.4) is 0 Å². The Kier molecular flexibility index (Phi) is 7.07. The third-order valence-electron chi connectivity index (χ3n) is 4.57. The smallest absolute Gasteiger partial charge is 0.475 e. The number of nitriles is 1. The third kappa shape index (κ3) is 6.39. The number of nitrogens with one attached hydrogen (secondary N) is 1. The molecule has 1 aliphatic rings. The Morgan fingerprint density at radius 1 is 1.24 bits per heavy atom. The van der Waals surface area contributed by atoms with Crippen molar-refractivity contribution in [2.45, 2.75) is 19.5 Å². The summed E-state index contributed by atoms with van der Waals surface area (Å²) in [6.07, 6.45) is -0.779. The molecule has 1 unspecified atom stereocenters. The van der Waals surface area contributed by atoms with Crippen molar-refractivity contribution in [1.29, 1.82) is 5.26 Å². The zero-order valence-electron chi connectivity index (χ0n) is 17.4. The molecule has 0 amide bonds. The molecule has 13 heteroatoms. The van der Waals surface area contributed by atoms with Crippen LogP contribution in [0, 0.1) is 24.2 Å². The van der Waals surface area contributed by atoms with Gasteiger partial charge in [-0.05, 0) is 43.7 Å². The van der Waals surface area contributed by atoms with Gasteiger partial charge in [-0.1, -0.05) is 0 Å². The zero-order valence-corrected chi connectivity index (χ0v) is 17.4. The Morgan fingerprint density at radius 3 is 2.48 bits per heavy atom. The van der Waals surface area contributed by atoms with E-state index in [0.717, 1.165) is 42.5 Å². The Labute approximate surface area is 186 Å². The first-order chi connectivity index (χ1) is 15.7. The Balaban J connectivity index is 0.000000383. The number of benzene rings is 1. The summed E-state index contributed by atoms with van der Waals surface area (Å²) in [4.78, 5) is 24.0. The molecule has 2 N–H and O–H groups in total.